The van der Waals surface area contributed by atoms with Crippen LogP contribution in [0.1, 0.15) is 0 Å². The summed E-state index contributed by atoms with van der Waals surface area (Å²) in [4.78, 5) is 13.6. The van der Waals surface area contributed by atoms with E-state index in [-0.39, 0.29) is 17.3 Å². The molecule has 0 radical (unpaired) electrons. The van der Waals surface area contributed by atoms with Crippen molar-refractivity contribution in [1.82, 2.24) is 9.21 Å². The minimum Gasteiger partial charge on any atom is -0.343 e. The number of carbonyl (C=O) groups is 1. The van der Waals surface area contributed by atoms with Crippen LogP contribution in [0.2, 0.25) is 0 Å². The van der Waals surface area contributed by atoms with Crippen molar-refractivity contribution in [2.75, 3.05) is 26.7 Å². The molecular weight excluding hydrogens is 288 g/mol. The lowest BCUT2D eigenvalue weighted by Crippen LogP contribution is -2.50. The maximum atomic E-state index is 12.8. The van der Waals surface area contributed by atoms with Gasteiger partial charge in [-0.15, -0.1) is 0 Å². The Hall–Kier alpha value is -1.92. The van der Waals surface area contributed by atoms with Gasteiger partial charge in [-0.1, -0.05) is 36.4 Å². The van der Waals surface area contributed by atoms with Crippen LogP contribution < -0.4 is 0 Å². The quantitative estimate of drug-likeness (QED) is 0.840. The standard InChI is InChI=1S/C15H16N2O3S/c1-16-9-10-17(11-15(16)18)21(19,20)14-8-4-6-12-5-2-3-7-13(12)14/h2-8H,9-11H2,1H3. The smallest absolute Gasteiger partial charge is 0.244 e. The van der Waals surface area contributed by atoms with Gasteiger partial charge in [0, 0.05) is 25.5 Å². The zero-order chi connectivity index (χ0) is 15.0. The molecule has 1 amide bonds. The molecule has 6 heteroatoms. The van der Waals surface area contributed by atoms with Crippen molar-refractivity contribution < 1.29 is 13.2 Å². The average Bonchev–Trinajstić information content (AvgIpc) is 2.49. The summed E-state index contributed by atoms with van der Waals surface area (Å²) in [5.41, 5.74) is 0. The Morgan fingerprint density at radius 2 is 1.71 bits per heavy atom. The van der Waals surface area contributed by atoms with Crippen LogP contribution in [0.4, 0.5) is 0 Å². The predicted molar refractivity (Wildman–Crippen MR) is 80.3 cm³/mol. The molecule has 3 rings (SSSR count). The maximum absolute atomic E-state index is 12.8. The number of piperazine rings is 1. The fourth-order valence-corrected chi connectivity index (χ4v) is 4.10. The van der Waals surface area contributed by atoms with Crippen molar-refractivity contribution >= 4 is 26.7 Å². The number of hydrogen-bond donors (Lipinski definition) is 0. The van der Waals surface area contributed by atoms with Crippen LogP contribution in [-0.4, -0.2) is 50.2 Å². The Morgan fingerprint density at radius 1 is 1.00 bits per heavy atom. The Labute approximate surface area is 123 Å². The number of hydrogen-bond acceptors (Lipinski definition) is 3. The molecule has 0 N–H and O–H groups in total. The van der Waals surface area contributed by atoms with Gasteiger partial charge in [-0.05, 0) is 11.5 Å². The molecule has 0 bridgehead atoms. The van der Waals surface area contributed by atoms with E-state index in [1.807, 2.05) is 24.3 Å². The van der Waals surface area contributed by atoms with Gasteiger partial charge >= 0.3 is 0 Å². The van der Waals surface area contributed by atoms with Crippen molar-refractivity contribution in [3.63, 3.8) is 0 Å². The number of fused-ring (bicyclic) bond motifs is 1. The number of amides is 1. The Morgan fingerprint density at radius 3 is 2.48 bits per heavy atom. The van der Waals surface area contributed by atoms with Crippen LogP contribution >= 0.6 is 0 Å². The minimum atomic E-state index is -3.66. The molecule has 1 aliphatic rings. The molecule has 0 aromatic heterocycles. The number of carbonyl (C=O) groups excluding carboxylic acids is 1. The molecule has 2 aromatic rings. The first-order chi connectivity index (χ1) is 10.00. The molecule has 0 aliphatic carbocycles. The van der Waals surface area contributed by atoms with E-state index in [1.165, 1.54) is 4.31 Å². The van der Waals surface area contributed by atoms with Crippen LogP contribution in [0, 0.1) is 0 Å². The number of rotatable bonds is 2. The molecule has 1 saturated heterocycles. The molecule has 5 nitrogen and oxygen atoms in total. The average molecular weight is 304 g/mol. The summed E-state index contributed by atoms with van der Waals surface area (Å²) < 4.78 is 26.9. The SMILES string of the molecule is CN1CCN(S(=O)(=O)c2cccc3ccccc23)CC1=O. The third-order valence-corrected chi connectivity index (χ3v) is 5.69. The molecule has 0 atom stereocenters. The molecule has 0 unspecified atom stereocenters. The van der Waals surface area contributed by atoms with E-state index < -0.39 is 10.0 Å². The minimum absolute atomic E-state index is 0.0952. The highest BCUT2D eigenvalue weighted by Gasteiger charge is 2.32. The first kappa shape index (κ1) is 14.0. The molecule has 0 spiro atoms. The topological polar surface area (TPSA) is 57.7 Å². The van der Waals surface area contributed by atoms with Gasteiger partial charge in [0.1, 0.15) is 0 Å². The van der Waals surface area contributed by atoms with Crippen LogP contribution in [0.15, 0.2) is 47.4 Å². The van der Waals surface area contributed by atoms with E-state index in [2.05, 4.69) is 0 Å². The largest absolute Gasteiger partial charge is 0.343 e. The first-order valence-electron chi connectivity index (χ1n) is 6.72. The van der Waals surface area contributed by atoms with Crippen molar-refractivity contribution in [2.24, 2.45) is 0 Å². The van der Waals surface area contributed by atoms with Crippen molar-refractivity contribution in [2.45, 2.75) is 4.90 Å². The lowest BCUT2D eigenvalue weighted by molar-refractivity contribution is -0.132. The third-order valence-electron chi connectivity index (χ3n) is 3.79. The number of benzene rings is 2. The van der Waals surface area contributed by atoms with Crippen LogP contribution in [0.5, 0.6) is 0 Å². The van der Waals surface area contributed by atoms with Crippen LogP contribution in [0.25, 0.3) is 10.8 Å². The molecule has 1 heterocycles. The zero-order valence-corrected chi connectivity index (χ0v) is 12.5. The monoisotopic (exact) mass is 304 g/mol. The highest BCUT2D eigenvalue weighted by atomic mass is 32.2. The Kier molecular flexibility index (Phi) is 3.43. The normalized spacial score (nSPS) is 17.4. The fourth-order valence-electron chi connectivity index (χ4n) is 2.50. The lowest BCUT2D eigenvalue weighted by Gasteiger charge is -2.31. The molecule has 110 valence electrons. The van der Waals surface area contributed by atoms with E-state index in [0.717, 1.165) is 5.39 Å². The molecule has 1 fully saturated rings. The molecular formula is C15H16N2O3S. The fraction of sp³-hybridized carbons (Fsp3) is 0.267. The second-order valence-corrected chi connectivity index (χ2v) is 7.04. The lowest BCUT2D eigenvalue weighted by atomic mass is 10.1. The summed E-state index contributed by atoms with van der Waals surface area (Å²) in [5.74, 6) is -0.176. The summed E-state index contributed by atoms with van der Waals surface area (Å²) in [6.45, 7) is 0.651. The molecule has 1 aliphatic heterocycles. The first-order valence-corrected chi connectivity index (χ1v) is 8.16. The zero-order valence-electron chi connectivity index (χ0n) is 11.7. The summed E-state index contributed by atoms with van der Waals surface area (Å²) in [7, 11) is -1.97. The predicted octanol–water partition coefficient (Wildman–Crippen LogP) is 1.30. The van der Waals surface area contributed by atoms with Crippen molar-refractivity contribution in [1.29, 1.82) is 0 Å². The highest BCUT2D eigenvalue weighted by molar-refractivity contribution is 7.89. The maximum Gasteiger partial charge on any atom is 0.244 e. The summed E-state index contributed by atoms with van der Waals surface area (Å²) in [5, 5.41) is 1.56. The summed E-state index contributed by atoms with van der Waals surface area (Å²) >= 11 is 0. The van der Waals surface area contributed by atoms with Gasteiger partial charge in [0.25, 0.3) is 0 Å². The molecule has 2 aromatic carbocycles. The highest BCUT2D eigenvalue weighted by Crippen LogP contribution is 2.26. The summed E-state index contributed by atoms with van der Waals surface area (Å²) in [6, 6.07) is 12.6. The summed E-state index contributed by atoms with van der Waals surface area (Å²) in [6.07, 6.45) is 0. The Balaban J connectivity index is 2.07. The van der Waals surface area contributed by atoms with E-state index in [4.69, 9.17) is 0 Å². The van der Waals surface area contributed by atoms with Gasteiger partial charge in [-0.25, -0.2) is 8.42 Å². The molecule has 0 saturated carbocycles. The van der Waals surface area contributed by atoms with Crippen LogP contribution in [0.3, 0.4) is 0 Å². The van der Waals surface area contributed by atoms with E-state index in [1.54, 1.807) is 30.1 Å². The van der Waals surface area contributed by atoms with Gasteiger partial charge in [0.2, 0.25) is 15.9 Å². The number of nitrogens with zero attached hydrogens (tertiary/aromatic N) is 2. The van der Waals surface area contributed by atoms with Gasteiger partial charge < -0.3 is 4.90 Å². The van der Waals surface area contributed by atoms with E-state index in [9.17, 15) is 13.2 Å². The van der Waals surface area contributed by atoms with Gasteiger partial charge in [0.15, 0.2) is 0 Å². The van der Waals surface area contributed by atoms with Crippen molar-refractivity contribution in [3.8, 4) is 0 Å². The van der Waals surface area contributed by atoms with E-state index >= 15 is 0 Å². The van der Waals surface area contributed by atoms with Gasteiger partial charge in [-0.3, -0.25) is 4.79 Å². The van der Waals surface area contributed by atoms with Crippen molar-refractivity contribution in [3.05, 3.63) is 42.5 Å². The number of sulfonamides is 1. The van der Waals surface area contributed by atoms with E-state index in [0.29, 0.717) is 18.5 Å². The third kappa shape index (κ3) is 2.41. The second kappa shape index (κ2) is 5.13. The van der Waals surface area contributed by atoms with Gasteiger partial charge in [0.05, 0.1) is 11.4 Å². The second-order valence-electron chi connectivity index (χ2n) is 5.13. The number of likely N-dealkylation sites (N-methyl/N-ethyl adjacent to an activating group) is 1. The van der Waals surface area contributed by atoms with Gasteiger partial charge in [-0.2, -0.15) is 4.31 Å². The van der Waals surface area contributed by atoms with Crippen LogP contribution in [-0.2, 0) is 14.8 Å². The molecule has 21 heavy (non-hydrogen) atoms. The Bertz CT molecular complexity index is 796.